The second kappa shape index (κ2) is 5.97. The normalized spacial score (nSPS) is 13.4. The highest BCUT2D eigenvalue weighted by atomic mass is 19.1. The first-order chi connectivity index (χ1) is 10.3. The third-order valence-corrected chi connectivity index (χ3v) is 3.26. The van der Waals surface area contributed by atoms with Crippen LogP contribution < -0.4 is 5.32 Å². The molecule has 0 spiro atoms. The van der Waals surface area contributed by atoms with Crippen molar-refractivity contribution in [1.29, 1.82) is 0 Å². The molecule has 22 heavy (non-hydrogen) atoms. The highest BCUT2D eigenvalue weighted by Gasteiger charge is 2.37. The molecule has 2 N–H and O–H groups in total. The molecular weight excluding hydrogens is 291 g/mol. The Labute approximate surface area is 125 Å². The second-order valence-corrected chi connectivity index (χ2v) is 5.09. The van der Waals surface area contributed by atoms with E-state index in [4.69, 9.17) is 4.52 Å². The van der Waals surface area contributed by atoms with E-state index >= 15 is 0 Å². The van der Waals surface area contributed by atoms with Gasteiger partial charge in [-0.1, -0.05) is 17.3 Å². The summed E-state index contributed by atoms with van der Waals surface area (Å²) in [6.45, 7) is 3.03. The number of aryl methyl sites for hydroxylation is 1. The summed E-state index contributed by atoms with van der Waals surface area (Å²) >= 11 is 0. The Morgan fingerprint density at radius 1 is 1.36 bits per heavy atom. The Morgan fingerprint density at radius 2 is 2.00 bits per heavy atom. The smallest absolute Gasteiger partial charge is 0.333 e. The van der Waals surface area contributed by atoms with E-state index in [9.17, 15) is 19.1 Å². The number of carboxylic acid groups (broad SMARTS) is 1. The quantitative estimate of drug-likeness (QED) is 0.878. The van der Waals surface area contributed by atoms with Gasteiger partial charge >= 0.3 is 5.97 Å². The first-order valence-corrected chi connectivity index (χ1v) is 6.54. The summed E-state index contributed by atoms with van der Waals surface area (Å²) in [7, 11) is 0. The van der Waals surface area contributed by atoms with E-state index in [2.05, 4.69) is 10.5 Å². The number of hydrogen-bond acceptors (Lipinski definition) is 4. The minimum Gasteiger partial charge on any atom is -0.479 e. The molecule has 0 bridgehead atoms. The summed E-state index contributed by atoms with van der Waals surface area (Å²) in [6, 6.07) is 6.52. The molecule has 0 saturated carbocycles. The fraction of sp³-hybridized carbons (Fsp3) is 0.267. The van der Waals surface area contributed by atoms with Gasteiger partial charge in [-0.15, -0.1) is 0 Å². The maximum Gasteiger partial charge on any atom is 0.333 e. The number of nitrogens with one attached hydrogen (secondary N) is 1. The molecule has 0 fully saturated rings. The number of aromatic nitrogens is 1. The number of aliphatic carboxylic acids is 1. The van der Waals surface area contributed by atoms with Crippen molar-refractivity contribution in [2.75, 3.05) is 0 Å². The topological polar surface area (TPSA) is 92.4 Å². The first kappa shape index (κ1) is 15.7. The Kier molecular flexibility index (Phi) is 4.25. The van der Waals surface area contributed by atoms with Crippen molar-refractivity contribution in [2.24, 2.45) is 0 Å². The molecule has 2 rings (SSSR count). The van der Waals surface area contributed by atoms with Crippen LogP contribution in [0.4, 0.5) is 4.39 Å². The summed E-state index contributed by atoms with van der Waals surface area (Å²) in [5.41, 5.74) is -0.989. The molecule has 1 unspecified atom stereocenters. The van der Waals surface area contributed by atoms with Crippen molar-refractivity contribution >= 4 is 11.9 Å². The molecular formula is C15H15FN2O4. The minimum atomic E-state index is -1.66. The van der Waals surface area contributed by atoms with Crippen molar-refractivity contribution in [2.45, 2.75) is 25.8 Å². The van der Waals surface area contributed by atoms with Crippen molar-refractivity contribution in [3.8, 4) is 0 Å². The van der Waals surface area contributed by atoms with E-state index in [0.29, 0.717) is 11.5 Å². The monoisotopic (exact) mass is 306 g/mol. The van der Waals surface area contributed by atoms with Crippen molar-refractivity contribution in [1.82, 2.24) is 10.5 Å². The minimum absolute atomic E-state index is 0.110. The van der Waals surface area contributed by atoms with Crippen molar-refractivity contribution in [3.63, 3.8) is 0 Å². The lowest BCUT2D eigenvalue weighted by atomic mass is 9.91. The Morgan fingerprint density at radius 3 is 2.50 bits per heavy atom. The predicted octanol–water partition coefficient (Wildman–Crippen LogP) is 1.78. The number of carboxylic acids is 1. The molecule has 1 aromatic carbocycles. The molecule has 0 saturated heterocycles. The maximum atomic E-state index is 13.0. The summed E-state index contributed by atoms with van der Waals surface area (Å²) in [4.78, 5) is 23.6. The molecule has 0 radical (unpaired) electrons. The van der Waals surface area contributed by atoms with Gasteiger partial charge in [0.15, 0.2) is 5.54 Å². The zero-order valence-electron chi connectivity index (χ0n) is 12.1. The number of amides is 1. The van der Waals surface area contributed by atoms with Crippen molar-refractivity contribution in [3.05, 3.63) is 53.2 Å². The van der Waals surface area contributed by atoms with Gasteiger partial charge in [-0.05, 0) is 31.5 Å². The lowest BCUT2D eigenvalue weighted by Crippen LogP contribution is -2.50. The van der Waals surface area contributed by atoms with Crippen LogP contribution in [0.1, 0.15) is 23.9 Å². The van der Waals surface area contributed by atoms with Crippen LogP contribution in [0.2, 0.25) is 0 Å². The lowest BCUT2D eigenvalue weighted by molar-refractivity contribution is -0.147. The Hall–Kier alpha value is -2.70. The van der Waals surface area contributed by atoms with E-state index in [1.165, 1.54) is 19.1 Å². The highest BCUT2D eigenvalue weighted by molar-refractivity contribution is 5.88. The number of carbonyl (C=O) groups is 2. The zero-order valence-corrected chi connectivity index (χ0v) is 12.1. The number of carbonyl (C=O) groups excluding carboxylic acids is 1. The summed E-state index contributed by atoms with van der Waals surface area (Å²) < 4.78 is 17.8. The number of benzene rings is 1. The van der Waals surface area contributed by atoms with Gasteiger partial charge < -0.3 is 14.9 Å². The fourth-order valence-corrected chi connectivity index (χ4v) is 2.02. The zero-order chi connectivity index (χ0) is 16.3. The standard InChI is InChI=1S/C15H15FN2O4/c1-9-7-12(18-22-9)8-13(19)17-15(2,14(20)21)10-3-5-11(16)6-4-10/h3-7H,8H2,1-2H3,(H,17,19)(H,20,21). The average Bonchev–Trinajstić information content (AvgIpc) is 2.84. The van der Waals surface area contributed by atoms with Gasteiger partial charge in [0.1, 0.15) is 11.6 Å². The Balaban J connectivity index is 2.19. The van der Waals surface area contributed by atoms with Gasteiger partial charge in [-0.2, -0.15) is 0 Å². The average molecular weight is 306 g/mol. The molecule has 6 nitrogen and oxygen atoms in total. The number of rotatable bonds is 5. The van der Waals surface area contributed by atoms with Crippen LogP contribution >= 0.6 is 0 Å². The lowest BCUT2D eigenvalue weighted by Gasteiger charge is -2.26. The molecule has 1 heterocycles. The molecule has 0 aliphatic carbocycles. The molecule has 116 valence electrons. The van der Waals surface area contributed by atoms with Crippen molar-refractivity contribution < 1.29 is 23.6 Å². The first-order valence-electron chi connectivity index (χ1n) is 6.54. The molecule has 1 amide bonds. The number of nitrogens with zero attached hydrogens (tertiary/aromatic N) is 1. The maximum absolute atomic E-state index is 13.0. The van der Waals surface area contributed by atoms with Crippen LogP contribution in [0.15, 0.2) is 34.9 Å². The van der Waals surface area contributed by atoms with E-state index in [0.717, 1.165) is 12.1 Å². The molecule has 0 aliphatic heterocycles. The molecule has 0 aliphatic rings. The fourth-order valence-electron chi connectivity index (χ4n) is 2.02. The SMILES string of the molecule is Cc1cc(CC(=O)NC(C)(C(=O)O)c2ccc(F)cc2)no1. The second-order valence-electron chi connectivity index (χ2n) is 5.09. The van der Waals surface area contributed by atoms with Crippen LogP contribution in [-0.4, -0.2) is 22.1 Å². The van der Waals surface area contributed by atoms with Gasteiger partial charge in [0.25, 0.3) is 0 Å². The summed E-state index contributed by atoms with van der Waals surface area (Å²) in [5.74, 6) is -1.70. The van der Waals surface area contributed by atoms with Gasteiger partial charge in [-0.3, -0.25) is 4.79 Å². The third-order valence-electron chi connectivity index (χ3n) is 3.26. The highest BCUT2D eigenvalue weighted by Crippen LogP contribution is 2.22. The van der Waals surface area contributed by atoms with E-state index < -0.39 is 23.2 Å². The molecule has 1 aromatic heterocycles. The van der Waals surface area contributed by atoms with Gasteiger partial charge in [-0.25, -0.2) is 9.18 Å². The number of halogens is 1. The van der Waals surface area contributed by atoms with Crippen LogP contribution in [0.25, 0.3) is 0 Å². The van der Waals surface area contributed by atoms with E-state index in [-0.39, 0.29) is 12.0 Å². The molecule has 2 aromatic rings. The van der Waals surface area contributed by atoms with Gasteiger partial charge in [0.2, 0.25) is 5.91 Å². The van der Waals surface area contributed by atoms with Gasteiger partial charge in [0.05, 0.1) is 12.1 Å². The van der Waals surface area contributed by atoms with Crippen LogP contribution in [-0.2, 0) is 21.5 Å². The van der Waals surface area contributed by atoms with Crippen LogP contribution in [0, 0.1) is 12.7 Å². The van der Waals surface area contributed by atoms with Crippen LogP contribution in [0.3, 0.4) is 0 Å². The Bertz CT molecular complexity index is 696. The predicted molar refractivity (Wildman–Crippen MR) is 74.5 cm³/mol. The van der Waals surface area contributed by atoms with E-state index in [1.54, 1.807) is 13.0 Å². The molecule has 7 heteroatoms. The summed E-state index contributed by atoms with van der Waals surface area (Å²) in [5, 5.41) is 15.6. The van der Waals surface area contributed by atoms with Crippen LogP contribution in [0.5, 0.6) is 0 Å². The largest absolute Gasteiger partial charge is 0.479 e. The third kappa shape index (κ3) is 3.30. The molecule has 1 atom stereocenters. The van der Waals surface area contributed by atoms with E-state index in [1.807, 2.05) is 0 Å². The summed E-state index contributed by atoms with van der Waals surface area (Å²) in [6.07, 6.45) is -0.110. The van der Waals surface area contributed by atoms with Gasteiger partial charge in [0, 0.05) is 6.07 Å². The number of hydrogen-bond donors (Lipinski definition) is 2.